The first-order valence-electron chi connectivity index (χ1n) is 16.0. The van der Waals surface area contributed by atoms with Gasteiger partial charge in [0.2, 0.25) is 15.9 Å². The van der Waals surface area contributed by atoms with Crippen molar-refractivity contribution in [2.75, 3.05) is 6.54 Å². The lowest BCUT2D eigenvalue weighted by molar-refractivity contribution is -0.129. The summed E-state index contributed by atoms with van der Waals surface area (Å²) in [6.07, 6.45) is 1.27. The van der Waals surface area contributed by atoms with E-state index in [2.05, 4.69) is 15.4 Å². The first-order chi connectivity index (χ1) is 23.1. The third kappa shape index (κ3) is 8.17. The van der Waals surface area contributed by atoms with Crippen LogP contribution in [0, 0.1) is 5.92 Å². The van der Waals surface area contributed by atoms with Crippen LogP contribution in [0.5, 0.6) is 0 Å². The molecule has 0 aliphatic carbocycles. The van der Waals surface area contributed by atoms with Crippen LogP contribution < -0.4 is 21.1 Å². The summed E-state index contributed by atoms with van der Waals surface area (Å²) in [6.45, 7) is 3.47. The molecule has 11 heteroatoms. The number of nitrogens with one attached hydrogen (secondary N) is 3. The zero-order chi connectivity index (χ0) is 34.3. The summed E-state index contributed by atoms with van der Waals surface area (Å²) < 4.78 is 35.0. The van der Waals surface area contributed by atoms with Gasteiger partial charge in [0.25, 0.3) is 5.91 Å². The van der Waals surface area contributed by atoms with Gasteiger partial charge in [-0.2, -0.15) is 0 Å². The Hall–Kier alpha value is -4.84. The van der Waals surface area contributed by atoms with Crippen LogP contribution in [0.25, 0.3) is 21.9 Å². The average Bonchev–Trinajstić information content (AvgIpc) is 3.49. The third-order valence-corrected chi connectivity index (χ3v) is 9.97. The predicted molar refractivity (Wildman–Crippen MR) is 186 cm³/mol. The van der Waals surface area contributed by atoms with Crippen molar-refractivity contribution in [1.29, 1.82) is 0 Å². The lowest BCUT2D eigenvalue weighted by atomic mass is 9.96. The van der Waals surface area contributed by atoms with Gasteiger partial charge in [-0.15, -0.1) is 0 Å². The summed E-state index contributed by atoms with van der Waals surface area (Å²) in [6, 6.07) is 26.2. The molecule has 0 fully saturated rings. The number of furan rings is 1. The number of rotatable bonds is 15. The van der Waals surface area contributed by atoms with Crippen molar-refractivity contribution in [3.05, 3.63) is 114 Å². The number of Topliss-reactive ketones (excluding diaryl/α,β-unsaturated/α-hetero) is 1. The fraction of sp³-hybridized carbons (Fsp3) is 0.270. The Morgan fingerprint density at radius 2 is 1.52 bits per heavy atom. The number of carbonyl (C=O) groups excluding carboxylic acids is 3. The van der Waals surface area contributed by atoms with Crippen LogP contribution in [0.1, 0.15) is 48.2 Å². The molecule has 1 unspecified atom stereocenters. The molecule has 5 rings (SSSR count). The maximum Gasteiger partial charge on any atom is 0.251 e. The number of fused-ring (bicyclic) bond motifs is 3. The van der Waals surface area contributed by atoms with E-state index in [-0.39, 0.29) is 23.8 Å². The number of sulfonamides is 1. The Kier molecular flexibility index (Phi) is 11.0. The van der Waals surface area contributed by atoms with Gasteiger partial charge < -0.3 is 20.8 Å². The van der Waals surface area contributed by atoms with E-state index in [1.165, 1.54) is 12.1 Å². The van der Waals surface area contributed by atoms with Crippen LogP contribution in [0.15, 0.2) is 106 Å². The first-order valence-corrected chi connectivity index (χ1v) is 17.5. The number of para-hydroxylation sites is 1. The smallest absolute Gasteiger partial charge is 0.251 e. The summed E-state index contributed by atoms with van der Waals surface area (Å²) in [5.74, 6) is -1.74. The molecule has 0 spiro atoms. The number of carbonyl (C=O) groups is 3. The molecule has 1 aromatic heterocycles. The molecule has 250 valence electrons. The molecule has 0 saturated carbocycles. The van der Waals surface area contributed by atoms with E-state index >= 15 is 0 Å². The molecule has 5 aromatic rings. The Morgan fingerprint density at radius 3 is 2.27 bits per heavy atom. The Labute approximate surface area is 280 Å². The number of hydrogen-bond donors (Lipinski definition) is 4. The van der Waals surface area contributed by atoms with Gasteiger partial charge in [0.1, 0.15) is 17.2 Å². The average molecular weight is 669 g/mol. The fourth-order valence-electron chi connectivity index (χ4n) is 5.54. The van der Waals surface area contributed by atoms with E-state index in [9.17, 15) is 22.8 Å². The second kappa shape index (κ2) is 15.4. The van der Waals surface area contributed by atoms with E-state index in [4.69, 9.17) is 10.2 Å². The minimum atomic E-state index is -4.10. The van der Waals surface area contributed by atoms with Crippen molar-refractivity contribution in [2.24, 2.45) is 11.7 Å². The highest BCUT2D eigenvalue weighted by molar-refractivity contribution is 7.89. The van der Waals surface area contributed by atoms with Gasteiger partial charge in [0.05, 0.1) is 17.5 Å². The minimum absolute atomic E-state index is 0.0162. The predicted octanol–water partition coefficient (Wildman–Crippen LogP) is 4.85. The minimum Gasteiger partial charge on any atom is -0.456 e. The maximum atomic E-state index is 13.7. The highest BCUT2D eigenvalue weighted by Crippen LogP contribution is 2.30. The van der Waals surface area contributed by atoms with Crippen LogP contribution in [-0.2, 0) is 32.6 Å². The van der Waals surface area contributed by atoms with Crippen molar-refractivity contribution >= 4 is 49.6 Å². The van der Waals surface area contributed by atoms with E-state index in [0.29, 0.717) is 35.0 Å². The monoisotopic (exact) mass is 668 g/mol. The van der Waals surface area contributed by atoms with Gasteiger partial charge in [-0.3, -0.25) is 14.4 Å². The second-order valence-corrected chi connectivity index (χ2v) is 13.6. The molecule has 1 heterocycles. The molecule has 0 aliphatic rings. The van der Waals surface area contributed by atoms with E-state index in [0.717, 1.165) is 16.5 Å². The molecule has 0 saturated heterocycles. The molecule has 0 aliphatic heterocycles. The molecule has 10 nitrogen and oxygen atoms in total. The van der Waals surface area contributed by atoms with Crippen molar-refractivity contribution in [3.8, 4) is 0 Å². The number of aryl methyl sites for hydroxylation is 1. The quantitative estimate of drug-likeness (QED) is 0.124. The highest BCUT2D eigenvalue weighted by atomic mass is 32.2. The van der Waals surface area contributed by atoms with Gasteiger partial charge in [-0.1, -0.05) is 80.9 Å². The van der Waals surface area contributed by atoms with Crippen LogP contribution in [-0.4, -0.2) is 44.6 Å². The lowest BCUT2D eigenvalue weighted by Crippen LogP contribution is -2.55. The second-order valence-electron chi connectivity index (χ2n) is 11.9. The van der Waals surface area contributed by atoms with Crippen molar-refractivity contribution in [2.45, 2.75) is 56.6 Å². The van der Waals surface area contributed by atoms with E-state index in [1.807, 2.05) is 68.4 Å². The zero-order valence-corrected chi connectivity index (χ0v) is 27.8. The lowest BCUT2D eigenvalue weighted by Gasteiger charge is -2.26. The Morgan fingerprint density at radius 1 is 0.812 bits per heavy atom. The van der Waals surface area contributed by atoms with Crippen molar-refractivity contribution in [3.63, 3.8) is 0 Å². The Balaban J connectivity index is 1.33. The molecule has 2 amide bonds. The van der Waals surface area contributed by atoms with Crippen molar-refractivity contribution in [1.82, 2.24) is 15.4 Å². The zero-order valence-electron chi connectivity index (χ0n) is 26.9. The summed E-state index contributed by atoms with van der Waals surface area (Å²) >= 11 is 0. The molecule has 0 bridgehead atoms. The largest absolute Gasteiger partial charge is 0.456 e. The molecule has 5 N–H and O–H groups in total. The topological polar surface area (TPSA) is 161 Å². The molecule has 4 aromatic carbocycles. The normalized spacial score (nSPS) is 13.6. The van der Waals surface area contributed by atoms with Gasteiger partial charge in [-0.05, 0) is 66.3 Å². The highest BCUT2D eigenvalue weighted by Gasteiger charge is 2.31. The van der Waals surface area contributed by atoms with Crippen molar-refractivity contribution < 1.29 is 27.2 Å². The standard InChI is InChI=1S/C37H40N4O6S/c1-3-24(2)35(41-36(43)27-13-9-12-26(20-27)22-38)37(44)40-31(18-16-25-10-5-4-6-11-25)32(42)23-39-48(45,46)28-17-19-34-30(21-28)29-14-7-8-15-33(29)47-34/h4-15,17,19-21,24,31,35,39H,3,16,18,22-23,38H2,1-2H3,(H,40,44)(H,41,43)/t24?,31-,35-/m0/s1. The fourth-order valence-corrected chi connectivity index (χ4v) is 6.56. The van der Waals surface area contributed by atoms with Crippen LogP contribution in [0.3, 0.4) is 0 Å². The van der Waals surface area contributed by atoms with Gasteiger partial charge in [0, 0.05) is 22.9 Å². The molecular weight excluding hydrogens is 628 g/mol. The van der Waals surface area contributed by atoms with Crippen LogP contribution in [0.2, 0.25) is 0 Å². The molecule has 48 heavy (non-hydrogen) atoms. The number of ketones is 1. The number of amides is 2. The van der Waals surface area contributed by atoms with Gasteiger partial charge in [-0.25, -0.2) is 13.1 Å². The summed E-state index contributed by atoms with van der Waals surface area (Å²) in [5, 5.41) is 7.08. The molecule has 0 radical (unpaired) electrons. The molecule has 3 atom stereocenters. The molecular formula is C37H40N4O6S. The summed E-state index contributed by atoms with van der Waals surface area (Å²) in [7, 11) is -4.10. The van der Waals surface area contributed by atoms with Crippen LogP contribution in [0.4, 0.5) is 0 Å². The SMILES string of the molecule is CCC(C)[C@H](NC(=O)c1cccc(CN)c1)C(=O)N[C@@H](CCc1ccccc1)C(=O)CNS(=O)(=O)c1ccc2oc3ccccc3c2c1. The van der Waals surface area contributed by atoms with E-state index < -0.39 is 46.2 Å². The van der Waals surface area contributed by atoms with Gasteiger partial charge >= 0.3 is 0 Å². The maximum absolute atomic E-state index is 13.7. The van der Waals surface area contributed by atoms with Crippen LogP contribution >= 0.6 is 0 Å². The van der Waals surface area contributed by atoms with E-state index in [1.54, 1.807) is 30.3 Å². The Bertz CT molecular complexity index is 2030. The van der Waals surface area contributed by atoms with Gasteiger partial charge in [0.15, 0.2) is 5.78 Å². The number of hydrogen-bond acceptors (Lipinski definition) is 7. The first kappa shape index (κ1) is 34.5. The number of nitrogens with two attached hydrogens (primary N) is 1. The third-order valence-electron chi connectivity index (χ3n) is 8.57. The number of benzene rings is 4. The summed E-state index contributed by atoms with van der Waals surface area (Å²) in [4.78, 5) is 40.6. The summed E-state index contributed by atoms with van der Waals surface area (Å²) in [5.41, 5.74) is 9.02.